The van der Waals surface area contributed by atoms with E-state index in [4.69, 9.17) is 9.47 Å². The van der Waals surface area contributed by atoms with Crippen molar-refractivity contribution in [3.05, 3.63) is 65.5 Å². The Balaban J connectivity index is 1.66. The highest BCUT2D eigenvalue weighted by Gasteiger charge is 2.43. The smallest absolute Gasteiger partial charge is 0.329 e. The van der Waals surface area contributed by atoms with Crippen LogP contribution in [-0.4, -0.2) is 41.9 Å². The molecule has 0 saturated carbocycles. The minimum absolute atomic E-state index is 0.0477. The minimum atomic E-state index is -1.03. The monoisotopic (exact) mass is 399 g/mol. The van der Waals surface area contributed by atoms with E-state index in [-0.39, 0.29) is 42.4 Å². The molecule has 1 aliphatic heterocycles. The van der Waals surface area contributed by atoms with Crippen molar-refractivity contribution < 1.29 is 28.2 Å². The Morgan fingerprint density at radius 3 is 2.14 bits per heavy atom. The van der Waals surface area contributed by atoms with Crippen LogP contribution in [0.5, 0.6) is 5.75 Å². The lowest BCUT2D eigenvalue weighted by Gasteiger charge is -2.26. The van der Waals surface area contributed by atoms with Crippen molar-refractivity contribution in [3.63, 3.8) is 0 Å². The number of imide groups is 1. The van der Waals surface area contributed by atoms with Crippen molar-refractivity contribution in [1.29, 1.82) is 0 Å². The van der Waals surface area contributed by atoms with Crippen LogP contribution in [0.4, 0.5) is 4.39 Å². The largest absolute Gasteiger partial charge is 0.487 e. The summed E-state index contributed by atoms with van der Waals surface area (Å²) in [5.41, 5.74) is 0.559. The minimum Gasteiger partial charge on any atom is -0.487 e. The molecule has 29 heavy (non-hydrogen) atoms. The highest BCUT2D eigenvalue weighted by Crippen LogP contribution is 2.27. The van der Waals surface area contributed by atoms with Gasteiger partial charge in [0.1, 0.15) is 19.3 Å². The summed E-state index contributed by atoms with van der Waals surface area (Å²) in [5.74, 6) is -2.10. The number of carbonyl (C=O) groups excluding carboxylic acids is 3. The van der Waals surface area contributed by atoms with E-state index < -0.39 is 29.6 Å². The van der Waals surface area contributed by atoms with E-state index in [1.165, 1.54) is 12.1 Å². The maximum absolute atomic E-state index is 13.6. The Labute approximate surface area is 168 Å². The Kier molecular flexibility index (Phi) is 6.26. The fourth-order valence-electron chi connectivity index (χ4n) is 3.20. The summed E-state index contributed by atoms with van der Waals surface area (Å²) in [6.07, 6.45) is 0.276. The molecule has 0 radical (unpaired) electrons. The molecular formula is C22H22FNO5. The van der Waals surface area contributed by atoms with Crippen molar-refractivity contribution in [1.82, 2.24) is 4.90 Å². The van der Waals surface area contributed by atoms with Crippen molar-refractivity contribution in [3.8, 4) is 5.75 Å². The molecule has 1 atom stereocenters. The first-order valence-corrected chi connectivity index (χ1v) is 9.41. The number of nitrogens with zero attached hydrogens (tertiary/aromatic N) is 1. The fourth-order valence-corrected chi connectivity index (χ4v) is 3.20. The van der Waals surface area contributed by atoms with E-state index >= 15 is 0 Å². The molecule has 7 heteroatoms. The summed E-state index contributed by atoms with van der Waals surface area (Å²) in [5, 5.41) is 0. The van der Waals surface area contributed by atoms with Crippen molar-refractivity contribution in [2.45, 2.75) is 26.3 Å². The molecule has 2 aromatic carbocycles. The summed E-state index contributed by atoms with van der Waals surface area (Å²) in [7, 11) is 0. The quantitative estimate of drug-likeness (QED) is 0.386. The van der Waals surface area contributed by atoms with Crippen molar-refractivity contribution in [2.75, 3.05) is 13.2 Å². The molecule has 0 aliphatic carbocycles. The first kappa shape index (κ1) is 20.5. The molecule has 0 saturated heterocycles. The van der Waals surface area contributed by atoms with Gasteiger partial charge in [0.05, 0.1) is 11.1 Å². The van der Waals surface area contributed by atoms with Crippen LogP contribution in [0, 0.1) is 11.7 Å². The van der Waals surface area contributed by atoms with E-state index in [2.05, 4.69) is 0 Å². The van der Waals surface area contributed by atoms with Gasteiger partial charge in [-0.05, 0) is 36.6 Å². The highest BCUT2D eigenvalue weighted by molar-refractivity contribution is 6.22. The molecule has 1 unspecified atom stereocenters. The number of para-hydroxylation sites is 1. The van der Waals surface area contributed by atoms with Crippen molar-refractivity contribution >= 4 is 17.8 Å². The van der Waals surface area contributed by atoms with Crippen LogP contribution < -0.4 is 4.74 Å². The van der Waals surface area contributed by atoms with Gasteiger partial charge in [-0.25, -0.2) is 9.18 Å². The van der Waals surface area contributed by atoms with Crippen LogP contribution >= 0.6 is 0 Å². The number of halogens is 1. The first-order chi connectivity index (χ1) is 13.9. The third kappa shape index (κ3) is 4.45. The summed E-state index contributed by atoms with van der Waals surface area (Å²) in [4.78, 5) is 39.1. The maximum Gasteiger partial charge on any atom is 0.329 e. The average molecular weight is 399 g/mol. The molecule has 1 aliphatic rings. The second-order valence-electron chi connectivity index (χ2n) is 7.12. The van der Waals surface area contributed by atoms with Crippen molar-refractivity contribution in [2.24, 2.45) is 5.92 Å². The molecule has 2 aromatic rings. The van der Waals surface area contributed by atoms with Crippen LogP contribution in [0.15, 0.2) is 48.5 Å². The predicted octanol–water partition coefficient (Wildman–Crippen LogP) is 3.46. The summed E-state index contributed by atoms with van der Waals surface area (Å²) in [6, 6.07) is 11.3. The van der Waals surface area contributed by atoms with Crippen LogP contribution in [0.25, 0.3) is 0 Å². The third-order valence-electron chi connectivity index (χ3n) is 4.53. The van der Waals surface area contributed by atoms with Gasteiger partial charge >= 0.3 is 5.97 Å². The van der Waals surface area contributed by atoms with E-state index in [9.17, 15) is 18.8 Å². The van der Waals surface area contributed by atoms with Gasteiger partial charge in [-0.15, -0.1) is 0 Å². The van der Waals surface area contributed by atoms with Gasteiger partial charge in [0.2, 0.25) is 0 Å². The number of amides is 2. The Bertz CT molecular complexity index is 892. The van der Waals surface area contributed by atoms with E-state index in [1.54, 1.807) is 36.4 Å². The number of esters is 1. The van der Waals surface area contributed by atoms with Gasteiger partial charge in [0.25, 0.3) is 11.8 Å². The molecule has 6 nitrogen and oxygen atoms in total. The zero-order valence-electron chi connectivity index (χ0n) is 16.3. The lowest BCUT2D eigenvalue weighted by Crippen LogP contribution is -2.46. The SMILES string of the molecule is CC(C)CC(C(=O)OCCOc1ccccc1F)N1C(=O)c2ccccc2C1=O. The maximum atomic E-state index is 13.6. The number of rotatable bonds is 8. The molecule has 0 N–H and O–H groups in total. The van der Waals surface area contributed by atoms with Crippen LogP contribution in [-0.2, 0) is 9.53 Å². The van der Waals surface area contributed by atoms with E-state index in [0.717, 1.165) is 4.90 Å². The zero-order chi connectivity index (χ0) is 21.0. The number of ether oxygens (including phenoxy) is 2. The molecular weight excluding hydrogens is 377 g/mol. The standard InChI is InChI=1S/C22H22FNO5/c1-14(2)13-18(24-20(25)15-7-3-4-8-16(15)21(24)26)22(27)29-12-11-28-19-10-6-5-9-17(19)23/h3-10,14,18H,11-13H2,1-2H3. The predicted molar refractivity (Wildman–Crippen MR) is 103 cm³/mol. The molecule has 0 bridgehead atoms. The highest BCUT2D eigenvalue weighted by atomic mass is 19.1. The second kappa shape index (κ2) is 8.86. The van der Waals surface area contributed by atoms with Crippen LogP contribution in [0.1, 0.15) is 41.0 Å². The number of hydrogen-bond donors (Lipinski definition) is 0. The summed E-state index contributed by atoms with van der Waals surface area (Å²) < 4.78 is 24.1. The zero-order valence-corrected chi connectivity index (χ0v) is 16.3. The van der Waals surface area contributed by atoms with Gasteiger partial charge in [-0.3, -0.25) is 14.5 Å². The third-order valence-corrected chi connectivity index (χ3v) is 4.53. The Hall–Kier alpha value is -3.22. The summed E-state index contributed by atoms with van der Waals surface area (Å²) in [6.45, 7) is 3.59. The lowest BCUT2D eigenvalue weighted by molar-refractivity contribution is -0.149. The number of fused-ring (bicyclic) bond motifs is 1. The lowest BCUT2D eigenvalue weighted by atomic mass is 10.0. The fraction of sp³-hybridized carbons (Fsp3) is 0.318. The number of carbonyl (C=O) groups is 3. The topological polar surface area (TPSA) is 72.9 Å². The Morgan fingerprint density at radius 2 is 1.55 bits per heavy atom. The second-order valence-corrected chi connectivity index (χ2v) is 7.12. The average Bonchev–Trinajstić information content (AvgIpc) is 2.95. The molecule has 1 heterocycles. The molecule has 0 fully saturated rings. The van der Waals surface area contributed by atoms with Gasteiger partial charge < -0.3 is 9.47 Å². The molecule has 3 rings (SSSR count). The van der Waals surface area contributed by atoms with E-state index in [1.807, 2.05) is 13.8 Å². The van der Waals surface area contributed by atoms with Crippen LogP contribution in [0.2, 0.25) is 0 Å². The molecule has 0 aromatic heterocycles. The van der Waals surface area contributed by atoms with Gasteiger partial charge in [-0.1, -0.05) is 38.1 Å². The molecule has 152 valence electrons. The number of benzene rings is 2. The Morgan fingerprint density at radius 1 is 0.966 bits per heavy atom. The molecule has 0 spiro atoms. The van der Waals surface area contributed by atoms with Gasteiger partial charge in [0.15, 0.2) is 11.6 Å². The van der Waals surface area contributed by atoms with E-state index in [0.29, 0.717) is 0 Å². The normalized spacial score (nSPS) is 14.1. The first-order valence-electron chi connectivity index (χ1n) is 9.41. The van der Waals surface area contributed by atoms with Crippen LogP contribution in [0.3, 0.4) is 0 Å². The van der Waals surface area contributed by atoms with Gasteiger partial charge in [0, 0.05) is 0 Å². The molecule has 2 amide bonds. The number of hydrogen-bond acceptors (Lipinski definition) is 5. The summed E-state index contributed by atoms with van der Waals surface area (Å²) >= 11 is 0. The van der Waals surface area contributed by atoms with Gasteiger partial charge in [-0.2, -0.15) is 0 Å².